The van der Waals surface area contributed by atoms with Gasteiger partial charge in [0, 0.05) is 25.1 Å². The summed E-state index contributed by atoms with van der Waals surface area (Å²) in [5.74, 6) is 0.524. The number of nitrogens with zero attached hydrogens (tertiary/aromatic N) is 6. The number of imide groups is 1. The minimum atomic E-state index is -0.661. The van der Waals surface area contributed by atoms with Gasteiger partial charge in [0.15, 0.2) is 5.82 Å². The Balaban J connectivity index is 1.62. The van der Waals surface area contributed by atoms with E-state index in [4.69, 9.17) is 4.52 Å². The van der Waals surface area contributed by atoms with Gasteiger partial charge in [-0.3, -0.25) is 9.69 Å². The molecule has 0 aromatic carbocycles. The highest BCUT2D eigenvalue weighted by atomic mass is 16.5. The summed E-state index contributed by atoms with van der Waals surface area (Å²) in [5, 5.41) is 14.6. The Labute approximate surface area is 150 Å². The molecule has 0 saturated carbocycles. The van der Waals surface area contributed by atoms with Gasteiger partial charge in [0.1, 0.15) is 6.04 Å². The second-order valence-corrected chi connectivity index (χ2v) is 6.62. The maximum atomic E-state index is 12.5. The summed E-state index contributed by atoms with van der Waals surface area (Å²) < 4.78 is 6.86. The molecule has 10 heteroatoms. The first-order valence-corrected chi connectivity index (χ1v) is 8.82. The van der Waals surface area contributed by atoms with E-state index in [-0.39, 0.29) is 18.5 Å². The van der Waals surface area contributed by atoms with Crippen molar-refractivity contribution in [2.24, 2.45) is 0 Å². The van der Waals surface area contributed by atoms with Gasteiger partial charge in [0.2, 0.25) is 5.89 Å². The van der Waals surface area contributed by atoms with Crippen LogP contribution in [0.15, 0.2) is 10.7 Å². The lowest BCUT2D eigenvalue weighted by atomic mass is 10.1. The predicted molar refractivity (Wildman–Crippen MR) is 89.9 cm³/mol. The Morgan fingerprint density at radius 3 is 2.85 bits per heavy atom. The van der Waals surface area contributed by atoms with E-state index < -0.39 is 12.1 Å². The Morgan fingerprint density at radius 1 is 1.35 bits per heavy atom. The van der Waals surface area contributed by atoms with E-state index in [2.05, 4.69) is 32.7 Å². The van der Waals surface area contributed by atoms with Crippen LogP contribution >= 0.6 is 0 Å². The highest BCUT2D eigenvalue weighted by molar-refractivity contribution is 6.04. The summed E-state index contributed by atoms with van der Waals surface area (Å²) in [6.45, 7) is 6.05. The van der Waals surface area contributed by atoms with Crippen LogP contribution in [0.25, 0.3) is 0 Å². The molecule has 0 unspecified atom stereocenters. The van der Waals surface area contributed by atoms with Crippen molar-refractivity contribution in [2.45, 2.75) is 65.1 Å². The summed E-state index contributed by atoms with van der Waals surface area (Å²) in [7, 11) is 0. The van der Waals surface area contributed by atoms with Crippen LogP contribution < -0.4 is 5.32 Å². The van der Waals surface area contributed by atoms with Crippen molar-refractivity contribution >= 4 is 11.9 Å². The summed E-state index contributed by atoms with van der Waals surface area (Å²) in [5.41, 5.74) is 0.653. The number of amides is 3. The van der Waals surface area contributed by atoms with Crippen molar-refractivity contribution in [1.82, 2.24) is 35.4 Å². The fourth-order valence-corrected chi connectivity index (χ4v) is 2.66. The third-order valence-electron chi connectivity index (χ3n) is 4.16. The first-order chi connectivity index (χ1) is 12.5. The lowest BCUT2D eigenvalue weighted by molar-refractivity contribution is -0.127. The van der Waals surface area contributed by atoms with Crippen LogP contribution in [0.2, 0.25) is 0 Å². The summed E-state index contributed by atoms with van der Waals surface area (Å²) in [4.78, 5) is 30.0. The van der Waals surface area contributed by atoms with E-state index in [1.165, 1.54) is 0 Å². The number of urea groups is 1. The van der Waals surface area contributed by atoms with Gasteiger partial charge in [-0.1, -0.05) is 23.7 Å². The number of carbonyl (C=O) groups is 2. The Hall–Kier alpha value is -2.78. The average Bonchev–Trinajstić information content (AvgIpc) is 3.30. The largest absolute Gasteiger partial charge is 0.339 e. The van der Waals surface area contributed by atoms with Crippen molar-refractivity contribution in [2.75, 3.05) is 0 Å². The third-order valence-corrected chi connectivity index (χ3v) is 4.16. The minimum Gasteiger partial charge on any atom is -0.339 e. The number of carbonyl (C=O) groups excluding carboxylic acids is 2. The number of nitrogens with one attached hydrogen (secondary N) is 1. The standard InChI is InChI=1S/C16H23N7O3/c1-4-5-6-14-18-13(20-26-14)9-22-15(24)12(17-16(22)25)7-11-8-23(10(2)3)21-19-11/h8,10,12H,4-7,9H2,1-3H3,(H,17,25)/t12-/m0/s1. The number of unbranched alkanes of at least 4 members (excludes halogenated alkanes) is 1. The van der Waals surface area contributed by atoms with E-state index in [0.717, 1.165) is 17.7 Å². The monoisotopic (exact) mass is 361 g/mol. The van der Waals surface area contributed by atoms with Gasteiger partial charge < -0.3 is 9.84 Å². The zero-order valence-corrected chi connectivity index (χ0v) is 15.2. The second-order valence-electron chi connectivity index (χ2n) is 6.62. The van der Waals surface area contributed by atoms with Crippen LogP contribution in [0.1, 0.15) is 57.1 Å². The molecule has 1 saturated heterocycles. The molecule has 0 bridgehead atoms. The lowest BCUT2D eigenvalue weighted by Gasteiger charge is -2.09. The summed E-state index contributed by atoms with van der Waals surface area (Å²) in [6, 6.07) is -0.941. The molecule has 2 aromatic rings. The van der Waals surface area contributed by atoms with Crippen LogP contribution in [0.4, 0.5) is 4.79 Å². The topological polar surface area (TPSA) is 119 Å². The molecule has 2 aromatic heterocycles. The van der Waals surface area contributed by atoms with Gasteiger partial charge >= 0.3 is 6.03 Å². The average molecular weight is 361 g/mol. The van der Waals surface area contributed by atoms with E-state index in [0.29, 0.717) is 30.3 Å². The van der Waals surface area contributed by atoms with Crippen molar-refractivity contribution in [1.29, 1.82) is 0 Å². The fraction of sp³-hybridized carbons (Fsp3) is 0.625. The Morgan fingerprint density at radius 2 is 2.15 bits per heavy atom. The molecule has 10 nitrogen and oxygen atoms in total. The molecule has 0 aliphatic carbocycles. The number of aromatic nitrogens is 5. The molecule has 1 aliphatic rings. The Bertz CT molecular complexity index is 782. The third kappa shape index (κ3) is 3.89. The maximum Gasteiger partial charge on any atom is 0.325 e. The Kier molecular flexibility index (Phi) is 5.29. The molecular weight excluding hydrogens is 338 g/mol. The maximum absolute atomic E-state index is 12.5. The van der Waals surface area contributed by atoms with Gasteiger partial charge in [-0.15, -0.1) is 5.10 Å². The highest BCUT2D eigenvalue weighted by Crippen LogP contribution is 2.14. The first kappa shape index (κ1) is 18.0. The van der Waals surface area contributed by atoms with Crippen molar-refractivity contribution in [3.8, 4) is 0 Å². The molecule has 1 atom stereocenters. The summed E-state index contributed by atoms with van der Waals surface area (Å²) in [6.07, 6.45) is 4.74. The molecule has 26 heavy (non-hydrogen) atoms. The molecule has 3 heterocycles. The predicted octanol–water partition coefficient (Wildman–Crippen LogP) is 1.25. The van der Waals surface area contributed by atoms with Crippen LogP contribution in [0, 0.1) is 0 Å². The molecule has 0 spiro atoms. The van der Waals surface area contributed by atoms with E-state index >= 15 is 0 Å². The van der Waals surface area contributed by atoms with E-state index in [1.54, 1.807) is 10.9 Å². The number of hydrogen-bond donors (Lipinski definition) is 1. The molecule has 1 fully saturated rings. The van der Waals surface area contributed by atoms with Crippen LogP contribution in [-0.4, -0.2) is 48.0 Å². The van der Waals surface area contributed by atoms with Crippen molar-refractivity contribution < 1.29 is 14.1 Å². The molecule has 3 amide bonds. The highest BCUT2D eigenvalue weighted by Gasteiger charge is 2.39. The van der Waals surface area contributed by atoms with Gasteiger partial charge in [0.05, 0.1) is 12.2 Å². The second kappa shape index (κ2) is 7.63. The zero-order chi connectivity index (χ0) is 18.7. The normalized spacial score (nSPS) is 17.4. The first-order valence-electron chi connectivity index (χ1n) is 8.82. The SMILES string of the molecule is CCCCc1nc(CN2C(=O)N[C@@H](Cc3cn(C(C)C)nn3)C2=O)no1. The van der Waals surface area contributed by atoms with E-state index in [1.807, 2.05) is 13.8 Å². The van der Waals surface area contributed by atoms with Crippen LogP contribution in [0.3, 0.4) is 0 Å². The van der Waals surface area contributed by atoms with Gasteiger partial charge in [0.25, 0.3) is 5.91 Å². The van der Waals surface area contributed by atoms with Crippen LogP contribution in [-0.2, 0) is 24.2 Å². The number of aryl methyl sites for hydroxylation is 1. The fourth-order valence-electron chi connectivity index (χ4n) is 2.66. The lowest BCUT2D eigenvalue weighted by Crippen LogP contribution is -2.32. The minimum absolute atomic E-state index is 0.00449. The molecular formula is C16H23N7O3. The quantitative estimate of drug-likeness (QED) is 0.703. The molecule has 1 N–H and O–H groups in total. The van der Waals surface area contributed by atoms with Gasteiger partial charge in [-0.25, -0.2) is 9.48 Å². The van der Waals surface area contributed by atoms with Crippen molar-refractivity contribution in [3.63, 3.8) is 0 Å². The van der Waals surface area contributed by atoms with E-state index in [9.17, 15) is 9.59 Å². The molecule has 3 rings (SSSR count). The smallest absolute Gasteiger partial charge is 0.325 e. The molecule has 0 radical (unpaired) electrons. The molecule has 1 aliphatic heterocycles. The van der Waals surface area contributed by atoms with Gasteiger partial charge in [-0.05, 0) is 20.3 Å². The number of rotatable bonds is 8. The van der Waals surface area contributed by atoms with Crippen LogP contribution in [0.5, 0.6) is 0 Å². The summed E-state index contributed by atoms with van der Waals surface area (Å²) >= 11 is 0. The van der Waals surface area contributed by atoms with Crippen molar-refractivity contribution in [3.05, 3.63) is 23.6 Å². The zero-order valence-electron chi connectivity index (χ0n) is 15.2. The van der Waals surface area contributed by atoms with Gasteiger partial charge in [-0.2, -0.15) is 4.98 Å². The molecule has 140 valence electrons. The number of hydrogen-bond acceptors (Lipinski definition) is 7.